The van der Waals surface area contributed by atoms with Crippen LogP contribution in [0.4, 0.5) is 0 Å². The van der Waals surface area contributed by atoms with E-state index in [0.717, 1.165) is 12.3 Å². The van der Waals surface area contributed by atoms with Gasteiger partial charge < -0.3 is 5.32 Å². The molecule has 0 radical (unpaired) electrons. The SMILES string of the molecule is O=C1N=C(CNCc2ccccc2)N=C2C=CSC12. The van der Waals surface area contributed by atoms with Gasteiger partial charge in [0.1, 0.15) is 11.1 Å². The summed E-state index contributed by atoms with van der Waals surface area (Å²) in [5, 5.41) is 4.94. The second-order valence-electron chi connectivity index (χ2n) is 4.31. The Hall–Kier alpha value is -1.72. The van der Waals surface area contributed by atoms with Crippen molar-refractivity contribution in [2.75, 3.05) is 6.54 Å². The molecule has 2 heterocycles. The number of nitrogens with one attached hydrogen (secondary N) is 1. The number of hydrogen-bond acceptors (Lipinski definition) is 4. The van der Waals surface area contributed by atoms with E-state index in [1.54, 1.807) is 0 Å². The van der Waals surface area contributed by atoms with E-state index in [9.17, 15) is 4.79 Å². The number of fused-ring (bicyclic) bond motifs is 1. The topological polar surface area (TPSA) is 53.8 Å². The second-order valence-corrected chi connectivity index (χ2v) is 5.33. The largest absolute Gasteiger partial charge is 0.306 e. The normalized spacial score (nSPS) is 21.1. The first kappa shape index (κ1) is 12.3. The van der Waals surface area contributed by atoms with Crippen molar-refractivity contribution in [1.29, 1.82) is 0 Å². The summed E-state index contributed by atoms with van der Waals surface area (Å²) in [6.45, 7) is 1.25. The van der Waals surface area contributed by atoms with E-state index in [0.29, 0.717) is 12.4 Å². The number of allylic oxidation sites excluding steroid dienone is 1. The summed E-state index contributed by atoms with van der Waals surface area (Å²) in [5.41, 5.74) is 2.02. The van der Waals surface area contributed by atoms with Gasteiger partial charge in [-0.15, -0.1) is 11.8 Å². The van der Waals surface area contributed by atoms with Crippen LogP contribution in [-0.4, -0.2) is 29.2 Å². The standard InChI is InChI=1S/C14H13N3OS/c18-14-13-11(6-7-19-13)16-12(17-14)9-15-8-10-4-2-1-3-5-10/h1-7,13,15H,8-9H2. The van der Waals surface area contributed by atoms with Crippen molar-refractivity contribution in [2.45, 2.75) is 11.8 Å². The van der Waals surface area contributed by atoms with Crippen molar-refractivity contribution in [3.05, 3.63) is 47.4 Å². The number of carbonyl (C=O) groups excluding carboxylic acids is 1. The van der Waals surface area contributed by atoms with E-state index < -0.39 is 0 Å². The molecule has 4 nitrogen and oxygen atoms in total. The van der Waals surface area contributed by atoms with Gasteiger partial charge in [-0.25, -0.2) is 4.99 Å². The Morgan fingerprint density at radius 1 is 1.16 bits per heavy atom. The zero-order valence-electron chi connectivity index (χ0n) is 10.2. The molecule has 0 aromatic heterocycles. The number of thioether (sulfide) groups is 1. The van der Waals surface area contributed by atoms with Crippen molar-refractivity contribution in [3.8, 4) is 0 Å². The van der Waals surface area contributed by atoms with Gasteiger partial charge in [0, 0.05) is 6.54 Å². The van der Waals surface area contributed by atoms with Gasteiger partial charge in [0.25, 0.3) is 5.91 Å². The highest BCUT2D eigenvalue weighted by Crippen LogP contribution is 2.25. The van der Waals surface area contributed by atoms with Crippen LogP contribution in [0.25, 0.3) is 0 Å². The summed E-state index contributed by atoms with van der Waals surface area (Å²) < 4.78 is 0. The minimum absolute atomic E-state index is 0.100. The molecule has 0 saturated carbocycles. The molecular formula is C14H13N3OS. The minimum Gasteiger partial charge on any atom is -0.306 e. The first-order chi connectivity index (χ1) is 9.33. The molecule has 0 saturated heterocycles. The van der Waals surface area contributed by atoms with E-state index in [1.165, 1.54) is 17.3 Å². The van der Waals surface area contributed by atoms with Gasteiger partial charge in [0.2, 0.25) is 0 Å². The van der Waals surface area contributed by atoms with Crippen LogP contribution in [0, 0.1) is 0 Å². The Labute approximate surface area is 115 Å². The molecule has 1 aromatic carbocycles. The van der Waals surface area contributed by atoms with Crippen LogP contribution in [-0.2, 0) is 11.3 Å². The van der Waals surface area contributed by atoms with E-state index in [4.69, 9.17) is 0 Å². The summed E-state index contributed by atoms with van der Waals surface area (Å²) in [6.07, 6.45) is 1.89. The summed E-state index contributed by atoms with van der Waals surface area (Å²) in [6, 6.07) is 10.1. The predicted octanol–water partition coefficient (Wildman–Crippen LogP) is 1.79. The van der Waals surface area contributed by atoms with Crippen LogP contribution >= 0.6 is 11.8 Å². The maximum absolute atomic E-state index is 11.8. The molecule has 0 aliphatic carbocycles. The third-order valence-electron chi connectivity index (χ3n) is 2.90. The summed E-state index contributed by atoms with van der Waals surface area (Å²) in [7, 11) is 0. The number of carbonyl (C=O) groups is 1. The monoisotopic (exact) mass is 271 g/mol. The molecule has 96 valence electrons. The maximum Gasteiger partial charge on any atom is 0.267 e. The fraction of sp³-hybridized carbons (Fsp3) is 0.214. The van der Waals surface area contributed by atoms with Crippen LogP contribution in [0.15, 0.2) is 51.8 Å². The number of benzene rings is 1. The summed E-state index contributed by atoms with van der Waals surface area (Å²) in [5.74, 6) is 0.468. The fourth-order valence-corrected chi connectivity index (χ4v) is 2.79. The number of aliphatic imine (C=N–C) groups is 2. The van der Waals surface area contributed by atoms with Crippen molar-refractivity contribution in [3.63, 3.8) is 0 Å². The third kappa shape index (κ3) is 2.83. The van der Waals surface area contributed by atoms with Gasteiger partial charge in [-0.1, -0.05) is 30.3 Å². The van der Waals surface area contributed by atoms with Crippen LogP contribution in [0.5, 0.6) is 0 Å². The number of nitrogens with zero attached hydrogens (tertiary/aromatic N) is 2. The molecule has 0 spiro atoms. The van der Waals surface area contributed by atoms with Gasteiger partial charge in [0.15, 0.2) is 0 Å². The predicted molar refractivity (Wildman–Crippen MR) is 78.5 cm³/mol. The molecule has 3 rings (SSSR count). The average Bonchev–Trinajstić information content (AvgIpc) is 2.89. The average molecular weight is 271 g/mol. The van der Waals surface area contributed by atoms with Crippen molar-refractivity contribution in [2.24, 2.45) is 9.98 Å². The molecule has 1 amide bonds. The third-order valence-corrected chi connectivity index (χ3v) is 3.91. The van der Waals surface area contributed by atoms with E-state index in [-0.39, 0.29) is 11.2 Å². The zero-order chi connectivity index (χ0) is 13.1. The van der Waals surface area contributed by atoms with Crippen LogP contribution in [0.3, 0.4) is 0 Å². The Bertz CT molecular complexity index is 578. The lowest BCUT2D eigenvalue weighted by Gasteiger charge is -2.13. The molecule has 0 bridgehead atoms. The highest BCUT2D eigenvalue weighted by atomic mass is 32.2. The van der Waals surface area contributed by atoms with Crippen molar-refractivity contribution >= 4 is 29.2 Å². The zero-order valence-corrected chi connectivity index (χ0v) is 11.1. The molecule has 1 N–H and O–H groups in total. The summed E-state index contributed by atoms with van der Waals surface area (Å²) in [4.78, 5) is 20.2. The van der Waals surface area contributed by atoms with Gasteiger partial charge in [-0.3, -0.25) is 4.79 Å². The minimum atomic E-state index is -0.210. The molecule has 2 aliphatic heterocycles. The van der Waals surface area contributed by atoms with E-state index in [2.05, 4.69) is 27.4 Å². The van der Waals surface area contributed by atoms with E-state index >= 15 is 0 Å². The number of amides is 1. The Morgan fingerprint density at radius 3 is 2.84 bits per heavy atom. The highest BCUT2D eigenvalue weighted by Gasteiger charge is 2.30. The Morgan fingerprint density at radius 2 is 2.00 bits per heavy atom. The van der Waals surface area contributed by atoms with E-state index in [1.807, 2.05) is 29.7 Å². The number of rotatable bonds is 4. The quantitative estimate of drug-likeness (QED) is 0.908. The molecule has 1 unspecified atom stereocenters. The highest BCUT2D eigenvalue weighted by molar-refractivity contribution is 8.04. The molecule has 19 heavy (non-hydrogen) atoms. The van der Waals surface area contributed by atoms with Crippen molar-refractivity contribution in [1.82, 2.24) is 5.32 Å². The fourth-order valence-electron chi connectivity index (χ4n) is 1.98. The lowest BCUT2D eigenvalue weighted by Crippen LogP contribution is -2.31. The molecule has 1 aromatic rings. The number of amidine groups is 1. The Balaban J connectivity index is 1.59. The molecule has 0 fully saturated rings. The first-order valence-electron chi connectivity index (χ1n) is 6.09. The molecular weight excluding hydrogens is 258 g/mol. The van der Waals surface area contributed by atoms with Gasteiger partial charge in [0.05, 0.1) is 12.3 Å². The van der Waals surface area contributed by atoms with Gasteiger partial charge >= 0.3 is 0 Å². The first-order valence-corrected chi connectivity index (χ1v) is 7.04. The molecule has 5 heteroatoms. The molecule has 2 aliphatic rings. The smallest absolute Gasteiger partial charge is 0.267 e. The lowest BCUT2D eigenvalue weighted by atomic mass is 10.2. The second kappa shape index (κ2) is 5.50. The van der Waals surface area contributed by atoms with Crippen LogP contribution < -0.4 is 5.32 Å². The van der Waals surface area contributed by atoms with Crippen LogP contribution in [0.1, 0.15) is 5.56 Å². The van der Waals surface area contributed by atoms with Gasteiger partial charge in [-0.2, -0.15) is 4.99 Å². The van der Waals surface area contributed by atoms with Crippen molar-refractivity contribution < 1.29 is 4.79 Å². The molecule has 1 atom stereocenters. The van der Waals surface area contributed by atoms with Crippen LogP contribution in [0.2, 0.25) is 0 Å². The Kier molecular flexibility index (Phi) is 3.57. The van der Waals surface area contributed by atoms with Gasteiger partial charge in [-0.05, 0) is 17.0 Å². The lowest BCUT2D eigenvalue weighted by molar-refractivity contribution is -0.116. The summed E-state index contributed by atoms with van der Waals surface area (Å²) >= 11 is 1.47. The number of hydrogen-bond donors (Lipinski definition) is 1. The maximum atomic E-state index is 11.8.